The van der Waals surface area contributed by atoms with E-state index < -0.39 is 4.92 Å². The van der Waals surface area contributed by atoms with Gasteiger partial charge in [0.1, 0.15) is 5.69 Å². The van der Waals surface area contributed by atoms with Crippen molar-refractivity contribution < 1.29 is 4.92 Å². The standard InChI is InChI=1S/C13H18N2O2S/c14-13-11(6-3-7-12(13)15(16)17)9-18-8-10-4-1-2-5-10/h3,6-7,10H,1-2,4-5,8-9,14H2. The number of rotatable bonds is 5. The van der Waals surface area contributed by atoms with Gasteiger partial charge in [0.25, 0.3) is 5.69 Å². The average molecular weight is 266 g/mol. The summed E-state index contributed by atoms with van der Waals surface area (Å²) in [6, 6.07) is 5.05. The minimum absolute atomic E-state index is 0.0222. The summed E-state index contributed by atoms with van der Waals surface area (Å²) in [5, 5.41) is 10.8. The zero-order chi connectivity index (χ0) is 13.0. The van der Waals surface area contributed by atoms with Gasteiger partial charge < -0.3 is 5.73 Å². The van der Waals surface area contributed by atoms with Crippen LogP contribution in [0.1, 0.15) is 31.2 Å². The minimum atomic E-state index is -0.416. The van der Waals surface area contributed by atoms with Crippen LogP contribution in [0.4, 0.5) is 11.4 Å². The van der Waals surface area contributed by atoms with Crippen LogP contribution in [0.3, 0.4) is 0 Å². The Morgan fingerprint density at radius 3 is 2.78 bits per heavy atom. The van der Waals surface area contributed by atoms with Crippen LogP contribution in [0.15, 0.2) is 18.2 Å². The lowest BCUT2D eigenvalue weighted by Gasteiger charge is -2.09. The fraction of sp³-hybridized carbons (Fsp3) is 0.538. The molecular weight excluding hydrogens is 248 g/mol. The van der Waals surface area contributed by atoms with E-state index in [4.69, 9.17) is 5.73 Å². The number of nitrogens with two attached hydrogens (primary N) is 1. The van der Waals surface area contributed by atoms with Crippen molar-refractivity contribution in [1.82, 2.24) is 0 Å². The molecule has 0 spiro atoms. The van der Waals surface area contributed by atoms with E-state index in [-0.39, 0.29) is 5.69 Å². The lowest BCUT2D eigenvalue weighted by Crippen LogP contribution is -2.01. The van der Waals surface area contributed by atoms with Gasteiger partial charge in [-0.1, -0.05) is 25.0 Å². The number of nitrogen functional groups attached to an aromatic ring is 1. The number of nitro benzene ring substituents is 1. The third kappa shape index (κ3) is 3.16. The van der Waals surface area contributed by atoms with E-state index in [1.807, 2.05) is 17.8 Å². The van der Waals surface area contributed by atoms with E-state index in [1.54, 1.807) is 6.07 Å². The number of hydrogen-bond acceptors (Lipinski definition) is 4. The van der Waals surface area contributed by atoms with Gasteiger partial charge >= 0.3 is 0 Å². The summed E-state index contributed by atoms with van der Waals surface area (Å²) in [6.45, 7) is 0. The van der Waals surface area contributed by atoms with Crippen molar-refractivity contribution in [3.63, 3.8) is 0 Å². The molecule has 0 saturated heterocycles. The van der Waals surface area contributed by atoms with Crippen LogP contribution in [0.2, 0.25) is 0 Å². The van der Waals surface area contributed by atoms with Gasteiger partial charge in [-0.25, -0.2) is 0 Å². The Morgan fingerprint density at radius 2 is 2.11 bits per heavy atom. The maximum atomic E-state index is 10.8. The van der Waals surface area contributed by atoms with Crippen molar-refractivity contribution in [1.29, 1.82) is 0 Å². The predicted molar refractivity (Wildman–Crippen MR) is 75.6 cm³/mol. The van der Waals surface area contributed by atoms with Crippen LogP contribution in [0.5, 0.6) is 0 Å². The molecule has 2 rings (SSSR count). The average Bonchev–Trinajstić information content (AvgIpc) is 2.84. The second-order valence-corrected chi connectivity index (χ2v) is 5.80. The first kappa shape index (κ1) is 13.2. The Hall–Kier alpha value is -1.23. The van der Waals surface area contributed by atoms with E-state index >= 15 is 0 Å². The summed E-state index contributed by atoms with van der Waals surface area (Å²) in [6.07, 6.45) is 5.36. The number of nitro groups is 1. The molecule has 98 valence electrons. The second-order valence-electron chi connectivity index (χ2n) is 4.77. The van der Waals surface area contributed by atoms with E-state index in [9.17, 15) is 10.1 Å². The van der Waals surface area contributed by atoms with Crippen LogP contribution in [-0.2, 0) is 5.75 Å². The number of para-hydroxylation sites is 1. The van der Waals surface area contributed by atoms with Crippen molar-refractivity contribution in [2.75, 3.05) is 11.5 Å². The summed E-state index contributed by atoms with van der Waals surface area (Å²) >= 11 is 1.84. The van der Waals surface area contributed by atoms with Gasteiger partial charge in [0.05, 0.1) is 4.92 Å². The number of thioether (sulfide) groups is 1. The van der Waals surface area contributed by atoms with Crippen LogP contribution >= 0.6 is 11.8 Å². The first-order chi connectivity index (χ1) is 8.68. The third-order valence-electron chi connectivity index (χ3n) is 3.46. The molecule has 0 atom stereocenters. The molecule has 5 heteroatoms. The third-order valence-corrected chi connectivity index (χ3v) is 4.68. The van der Waals surface area contributed by atoms with Crippen molar-refractivity contribution in [3.8, 4) is 0 Å². The number of nitrogens with zero attached hydrogens (tertiary/aromatic N) is 1. The number of anilines is 1. The Morgan fingerprint density at radius 1 is 1.39 bits per heavy atom. The molecule has 2 N–H and O–H groups in total. The van der Waals surface area contributed by atoms with Crippen molar-refractivity contribution >= 4 is 23.1 Å². The SMILES string of the molecule is Nc1c(CSCC2CCCC2)cccc1[N+](=O)[O-]. The van der Waals surface area contributed by atoms with Gasteiger partial charge in [0, 0.05) is 11.8 Å². The number of hydrogen-bond donors (Lipinski definition) is 1. The van der Waals surface area contributed by atoms with Gasteiger partial charge in [-0.15, -0.1) is 0 Å². The molecule has 18 heavy (non-hydrogen) atoms. The Labute approximate surface area is 111 Å². The van der Waals surface area contributed by atoms with E-state index in [1.165, 1.54) is 31.7 Å². The summed E-state index contributed by atoms with van der Waals surface area (Å²) < 4.78 is 0. The first-order valence-electron chi connectivity index (χ1n) is 6.28. The van der Waals surface area contributed by atoms with E-state index in [2.05, 4.69) is 0 Å². The summed E-state index contributed by atoms with van der Waals surface area (Å²) in [5.41, 5.74) is 7.05. The molecule has 1 saturated carbocycles. The summed E-state index contributed by atoms with van der Waals surface area (Å²) in [4.78, 5) is 10.4. The van der Waals surface area contributed by atoms with Crippen molar-refractivity contribution in [2.45, 2.75) is 31.4 Å². The monoisotopic (exact) mass is 266 g/mol. The largest absolute Gasteiger partial charge is 0.393 e. The molecule has 0 aliphatic heterocycles. The highest BCUT2D eigenvalue weighted by Crippen LogP contribution is 2.31. The first-order valence-corrected chi connectivity index (χ1v) is 7.43. The Balaban J connectivity index is 1.92. The fourth-order valence-corrected chi connectivity index (χ4v) is 3.65. The molecule has 0 unspecified atom stereocenters. The molecule has 1 aliphatic carbocycles. The topological polar surface area (TPSA) is 69.2 Å². The highest BCUT2D eigenvalue weighted by atomic mass is 32.2. The molecule has 0 amide bonds. The molecule has 1 aromatic rings. The molecule has 1 aliphatic rings. The summed E-state index contributed by atoms with van der Waals surface area (Å²) in [5.74, 6) is 2.74. The molecule has 0 radical (unpaired) electrons. The fourth-order valence-electron chi connectivity index (χ4n) is 2.40. The van der Waals surface area contributed by atoms with Crippen molar-refractivity contribution in [3.05, 3.63) is 33.9 Å². The van der Waals surface area contributed by atoms with Gasteiger partial charge in [-0.05, 0) is 30.1 Å². The van der Waals surface area contributed by atoms with Crippen LogP contribution < -0.4 is 5.73 Å². The zero-order valence-corrected chi connectivity index (χ0v) is 11.1. The van der Waals surface area contributed by atoms with Gasteiger partial charge in [-0.2, -0.15) is 11.8 Å². The quantitative estimate of drug-likeness (QED) is 0.502. The molecule has 0 bridgehead atoms. The maximum absolute atomic E-state index is 10.8. The lowest BCUT2D eigenvalue weighted by molar-refractivity contribution is -0.383. The minimum Gasteiger partial charge on any atom is -0.393 e. The van der Waals surface area contributed by atoms with Crippen molar-refractivity contribution in [2.24, 2.45) is 5.92 Å². The predicted octanol–water partition coefficient (Wildman–Crippen LogP) is 3.60. The van der Waals surface area contributed by atoms with Gasteiger partial charge in [-0.3, -0.25) is 10.1 Å². The number of benzene rings is 1. The zero-order valence-electron chi connectivity index (χ0n) is 10.3. The molecule has 0 aromatic heterocycles. The van der Waals surface area contributed by atoms with E-state index in [0.717, 1.165) is 23.0 Å². The molecule has 1 aromatic carbocycles. The highest BCUT2D eigenvalue weighted by Gasteiger charge is 2.17. The van der Waals surface area contributed by atoms with Crippen LogP contribution in [-0.4, -0.2) is 10.7 Å². The van der Waals surface area contributed by atoms with Gasteiger partial charge in [0.15, 0.2) is 0 Å². The van der Waals surface area contributed by atoms with Crippen LogP contribution in [0, 0.1) is 16.0 Å². The molecule has 0 heterocycles. The van der Waals surface area contributed by atoms with E-state index in [0.29, 0.717) is 5.69 Å². The smallest absolute Gasteiger partial charge is 0.292 e. The molecular formula is C13H18N2O2S. The lowest BCUT2D eigenvalue weighted by atomic mass is 10.1. The molecule has 4 nitrogen and oxygen atoms in total. The highest BCUT2D eigenvalue weighted by molar-refractivity contribution is 7.98. The maximum Gasteiger partial charge on any atom is 0.292 e. The van der Waals surface area contributed by atoms with Crippen LogP contribution in [0.25, 0.3) is 0 Å². The Kier molecular flexibility index (Phi) is 4.47. The second kappa shape index (κ2) is 6.09. The Bertz CT molecular complexity index is 431. The molecule has 1 fully saturated rings. The van der Waals surface area contributed by atoms with Gasteiger partial charge in [0.2, 0.25) is 0 Å². The normalized spacial score (nSPS) is 16.0. The summed E-state index contributed by atoms with van der Waals surface area (Å²) in [7, 11) is 0.